The van der Waals surface area contributed by atoms with Crippen molar-refractivity contribution in [3.63, 3.8) is 0 Å². The van der Waals surface area contributed by atoms with Crippen molar-refractivity contribution in [3.8, 4) is 0 Å². The van der Waals surface area contributed by atoms with Gasteiger partial charge >= 0.3 is 0 Å². The maximum atomic E-state index is 12.1. The highest BCUT2D eigenvalue weighted by Crippen LogP contribution is 2.31. The van der Waals surface area contributed by atoms with Gasteiger partial charge in [0.15, 0.2) is 0 Å². The highest BCUT2D eigenvalue weighted by atomic mass is 32.2. The van der Waals surface area contributed by atoms with Gasteiger partial charge in [0.05, 0.1) is 22.6 Å². The number of imidazole rings is 1. The minimum absolute atomic E-state index is 0.0754. The second-order valence-corrected chi connectivity index (χ2v) is 8.78. The Hall–Kier alpha value is -1.89. The van der Waals surface area contributed by atoms with Crippen LogP contribution in [-0.4, -0.2) is 41.9 Å². The number of aromatic nitrogens is 2. The van der Waals surface area contributed by atoms with Crippen LogP contribution >= 0.6 is 0 Å². The Labute approximate surface area is 135 Å². The van der Waals surface area contributed by atoms with Gasteiger partial charge in [-0.05, 0) is 43.4 Å². The second kappa shape index (κ2) is 5.96. The minimum atomic E-state index is -2.93. The Balaban J connectivity index is 1.53. The first kappa shape index (κ1) is 16.0. The van der Waals surface area contributed by atoms with Crippen LogP contribution in [0, 0.1) is 12.8 Å². The number of carbonyl (C=O) groups excluding carboxylic acids is 1. The molecule has 0 aliphatic heterocycles. The van der Waals surface area contributed by atoms with Crippen molar-refractivity contribution in [2.45, 2.75) is 31.6 Å². The van der Waals surface area contributed by atoms with E-state index in [-0.39, 0.29) is 23.6 Å². The lowest BCUT2D eigenvalue weighted by atomic mass is 9.85. The van der Waals surface area contributed by atoms with Crippen molar-refractivity contribution in [2.24, 2.45) is 5.92 Å². The highest BCUT2D eigenvalue weighted by Gasteiger charge is 2.35. The molecule has 0 radical (unpaired) electrons. The van der Waals surface area contributed by atoms with Crippen LogP contribution in [0.3, 0.4) is 0 Å². The van der Waals surface area contributed by atoms with E-state index in [9.17, 15) is 13.2 Å². The third-order valence-corrected chi connectivity index (χ3v) is 6.07. The molecule has 1 fully saturated rings. The van der Waals surface area contributed by atoms with Gasteiger partial charge in [-0.2, -0.15) is 0 Å². The van der Waals surface area contributed by atoms with E-state index in [0.29, 0.717) is 19.4 Å². The lowest BCUT2D eigenvalue weighted by molar-refractivity contribution is -0.121. The van der Waals surface area contributed by atoms with Gasteiger partial charge < -0.3 is 9.88 Å². The van der Waals surface area contributed by atoms with Crippen LogP contribution in [0.25, 0.3) is 11.0 Å². The molecule has 1 aliphatic rings. The van der Waals surface area contributed by atoms with E-state index in [4.69, 9.17) is 0 Å². The molecule has 23 heavy (non-hydrogen) atoms. The quantitative estimate of drug-likeness (QED) is 0.892. The molecule has 0 bridgehead atoms. The maximum absolute atomic E-state index is 12.1. The first-order chi connectivity index (χ1) is 10.8. The van der Waals surface area contributed by atoms with Gasteiger partial charge in [-0.3, -0.25) is 4.79 Å². The van der Waals surface area contributed by atoms with E-state index in [1.165, 1.54) is 6.26 Å². The molecule has 0 atom stereocenters. The first-order valence-electron chi connectivity index (χ1n) is 7.70. The van der Waals surface area contributed by atoms with E-state index in [0.717, 1.165) is 16.6 Å². The molecular weight excluding hydrogens is 314 g/mol. The molecule has 1 aromatic heterocycles. The SMILES string of the molecule is Cc1ccc2ncn(CC(=O)NCC3CC(S(C)(=O)=O)C3)c2c1. The molecule has 0 saturated heterocycles. The molecule has 1 aromatic carbocycles. The van der Waals surface area contributed by atoms with Crippen molar-refractivity contribution in [2.75, 3.05) is 12.8 Å². The Kier molecular flexibility index (Phi) is 4.14. The summed E-state index contributed by atoms with van der Waals surface area (Å²) in [4.78, 5) is 16.4. The number of benzene rings is 1. The molecule has 124 valence electrons. The number of fused-ring (bicyclic) bond motifs is 1. The summed E-state index contributed by atoms with van der Waals surface area (Å²) >= 11 is 0. The van der Waals surface area contributed by atoms with Crippen molar-refractivity contribution in [3.05, 3.63) is 30.1 Å². The number of sulfone groups is 1. The van der Waals surface area contributed by atoms with Crippen molar-refractivity contribution in [1.82, 2.24) is 14.9 Å². The topological polar surface area (TPSA) is 81.1 Å². The zero-order valence-corrected chi connectivity index (χ0v) is 14.1. The molecular formula is C16H21N3O3S. The fraction of sp³-hybridized carbons (Fsp3) is 0.500. The van der Waals surface area contributed by atoms with E-state index in [1.54, 1.807) is 6.33 Å². The van der Waals surface area contributed by atoms with Crippen molar-refractivity contribution < 1.29 is 13.2 Å². The predicted octanol–water partition coefficient (Wildman–Crippen LogP) is 1.28. The summed E-state index contributed by atoms with van der Waals surface area (Å²) in [5.74, 6) is 0.189. The summed E-state index contributed by atoms with van der Waals surface area (Å²) in [6.07, 6.45) is 4.24. The number of hydrogen-bond acceptors (Lipinski definition) is 4. The van der Waals surface area contributed by atoms with E-state index >= 15 is 0 Å². The number of aryl methyl sites for hydroxylation is 1. The number of amides is 1. The fourth-order valence-corrected chi connectivity index (χ4v) is 4.20. The van der Waals surface area contributed by atoms with Crippen LogP contribution in [0.4, 0.5) is 0 Å². The number of carbonyl (C=O) groups is 1. The summed E-state index contributed by atoms with van der Waals surface area (Å²) in [5.41, 5.74) is 2.94. The van der Waals surface area contributed by atoms with Gasteiger partial charge in [-0.25, -0.2) is 13.4 Å². The third kappa shape index (κ3) is 3.55. The van der Waals surface area contributed by atoms with Gasteiger partial charge in [0.2, 0.25) is 5.91 Å². The van der Waals surface area contributed by atoms with E-state index in [1.807, 2.05) is 29.7 Å². The molecule has 1 amide bonds. The molecule has 1 aliphatic carbocycles. The molecule has 1 N–H and O–H groups in total. The van der Waals surface area contributed by atoms with E-state index in [2.05, 4.69) is 10.3 Å². The van der Waals surface area contributed by atoms with Crippen LogP contribution in [0.2, 0.25) is 0 Å². The van der Waals surface area contributed by atoms with Gasteiger partial charge in [-0.15, -0.1) is 0 Å². The summed E-state index contributed by atoms with van der Waals surface area (Å²) in [6, 6.07) is 5.95. The number of rotatable bonds is 5. The third-order valence-electron chi connectivity index (χ3n) is 4.48. The molecule has 0 spiro atoms. The van der Waals surface area contributed by atoms with Crippen molar-refractivity contribution in [1.29, 1.82) is 0 Å². The number of nitrogens with zero attached hydrogens (tertiary/aromatic N) is 2. The average Bonchev–Trinajstić information content (AvgIpc) is 2.78. The number of hydrogen-bond donors (Lipinski definition) is 1. The van der Waals surface area contributed by atoms with Crippen LogP contribution in [-0.2, 0) is 21.2 Å². The normalized spacial score (nSPS) is 21.1. The lowest BCUT2D eigenvalue weighted by Gasteiger charge is -2.33. The second-order valence-electron chi connectivity index (χ2n) is 6.46. The maximum Gasteiger partial charge on any atom is 0.240 e. The fourth-order valence-electron chi connectivity index (χ4n) is 2.95. The smallest absolute Gasteiger partial charge is 0.240 e. The van der Waals surface area contributed by atoms with Crippen LogP contribution in [0.1, 0.15) is 18.4 Å². The molecule has 6 nitrogen and oxygen atoms in total. The van der Waals surface area contributed by atoms with E-state index < -0.39 is 9.84 Å². The first-order valence-corrected chi connectivity index (χ1v) is 9.65. The Morgan fingerprint density at radius 1 is 1.39 bits per heavy atom. The van der Waals surface area contributed by atoms with Gasteiger partial charge in [0.1, 0.15) is 16.4 Å². The molecule has 1 heterocycles. The van der Waals surface area contributed by atoms with Gasteiger partial charge in [-0.1, -0.05) is 6.07 Å². The predicted molar refractivity (Wildman–Crippen MR) is 88.8 cm³/mol. The molecule has 2 aromatic rings. The Morgan fingerprint density at radius 2 is 2.13 bits per heavy atom. The Morgan fingerprint density at radius 3 is 2.83 bits per heavy atom. The van der Waals surface area contributed by atoms with Crippen molar-refractivity contribution >= 4 is 26.8 Å². The van der Waals surface area contributed by atoms with Crippen LogP contribution in [0.15, 0.2) is 24.5 Å². The summed E-state index contributed by atoms with van der Waals surface area (Å²) in [5, 5.41) is 2.66. The summed E-state index contributed by atoms with van der Waals surface area (Å²) in [6.45, 7) is 2.77. The largest absolute Gasteiger partial charge is 0.354 e. The summed E-state index contributed by atoms with van der Waals surface area (Å²) in [7, 11) is -2.93. The van der Waals surface area contributed by atoms with Gasteiger partial charge in [0, 0.05) is 12.8 Å². The zero-order valence-electron chi connectivity index (χ0n) is 13.3. The summed E-state index contributed by atoms with van der Waals surface area (Å²) < 4.78 is 24.6. The number of nitrogens with one attached hydrogen (secondary N) is 1. The zero-order chi connectivity index (χ0) is 16.6. The monoisotopic (exact) mass is 335 g/mol. The van der Waals surface area contributed by atoms with Gasteiger partial charge in [0.25, 0.3) is 0 Å². The molecule has 7 heteroatoms. The highest BCUT2D eigenvalue weighted by molar-refractivity contribution is 7.91. The molecule has 1 saturated carbocycles. The van der Waals surface area contributed by atoms with Crippen LogP contribution in [0.5, 0.6) is 0 Å². The molecule has 0 unspecified atom stereocenters. The Bertz CT molecular complexity index is 835. The minimum Gasteiger partial charge on any atom is -0.354 e. The molecule has 3 rings (SSSR count). The van der Waals surface area contributed by atoms with Crippen LogP contribution < -0.4 is 5.32 Å². The standard InChI is InChI=1S/C16H21N3O3S/c1-11-3-4-14-15(5-11)19(10-18-14)9-16(20)17-8-12-6-13(7-12)23(2,21)22/h3-5,10,12-13H,6-9H2,1-2H3,(H,17,20). The lowest BCUT2D eigenvalue weighted by Crippen LogP contribution is -2.42. The average molecular weight is 335 g/mol.